The number of piperidine rings is 1. The van der Waals surface area contributed by atoms with Crippen LogP contribution in [0.3, 0.4) is 0 Å². The third-order valence-corrected chi connectivity index (χ3v) is 5.50. The number of aliphatic imine (C=N–C) groups is 1. The average molecular weight is 321 g/mol. The van der Waals surface area contributed by atoms with Crippen LogP contribution >= 0.6 is 11.3 Å². The van der Waals surface area contributed by atoms with Crippen molar-refractivity contribution in [2.24, 2.45) is 10.9 Å². The van der Waals surface area contributed by atoms with Gasteiger partial charge in [0, 0.05) is 24.5 Å². The SMILES string of the molecule is CCc1nc(CN2CCC(CNC3=NCC(C)N3)CC2)cs1. The van der Waals surface area contributed by atoms with Crippen molar-refractivity contribution < 1.29 is 0 Å². The fraction of sp³-hybridized carbons (Fsp3) is 0.750. The number of nitrogens with one attached hydrogen (secondary N) is 2. The number of likely N-dealkylation sites (tertiary alicyclic amines) is 1. The van der Waals surface area contributed by atoms with Gasteiger partial charge in [-0.2, -0.15) is 0 Å². The van der Waals surface area contributed by atoms with Gasteiger partial charge in [0.25, 0.3) is 0 Å². The summed E-state index contributed by atoms with van der Waals surface area (Å²) in [4.78, 5) is 11.7. The predicted octanol–water partition coefficient (Wildman–Crippen LogP) is 1.85. The van der Waals surface area contributed by atoms with Gasteiger partial charge in [-0.15, -0.1) is 11.3 Å². The Hall–Kier alpha value is -1.14. The molecule has 22 heavy (non-hydrogen) atoms. The average Bonchev–Trinajstić information content (AvgIpc) is 3.15. The summed E-state index contributed by atoms with van der Waals surface area (Å²) >= 11 is 1.79. The quantitative estimate of drug-likeness (QED) is 0.869. The third-order valence-electron chi connectivity index (χ3n) is 4.46. The van der Waals surface area contributed by atoms with E-state index >= 15 is 0 Å². The van der Waals surface area contributed by atoms with Gasteiger partial charge in [0.05, 0.1) is 17.2 Å². The highest BCUT2D eigenvalue weighted by atomic mass is 32.1. The van der Waals surface area contributed by atoms with Crippen LogP contribution in [0.15, 0.2) is 10.4 Å². The van der Waals surface area contributed by atoms with E-state index in [0.717, 1.165) is 37.9 Å². The van der Waals surface area contributed by atoms with Crippen molar-refractivity contribution in [3.8, 4) is 0 Å². The van der Waals surface area contributed by atoms with E-state index in [-0.39, 0.29) is 0 Å². The van der Waals surface area contributed by atoms with Crippen molar-refractivity contribution in [1.82, 2.24) is 20.5 Å². The van der Waals surface area contributed by atoms with E-state index in [1.54, 1.807) is 11.3 Å². The first-order valence-electron chi connectivity index (χ1n) is 8.43. The van der Waals surface area contributed by atoms with Crippen LogP contribution in [-0.2, 0) is 13.0 Å². The molecule has 2 aliphatic heterocycles. The van der Waals surface area contributed by atoms with Crippen molar-refractivity contribution in [3.63, 3.8) is 0 Å². The highest BCUT2D eigenvalue weighted by molar-refractivity contribution is 7.09. The summed E-state index contributed by atoms with van der Waals surface area (Å²) in [6.07, 6.45) is 3.58. The Morgan fingerprint density at radius 2 is 2.23 bits per heavy atom. The van der Waals surface area contributed by atoms with Crippen LogP contribution in [-0.4, -0.2) is 48.1 Å². The van der Waals surface area contributed by atoms with Gasteiger partial charge >= 0.3 is 0 Å². The smallest absolute Gasteiger partial charge is 0.191 e. The molecule has 5 nitrogen and oxygen atoms in total. The van der Waals surface area contributed by atoms with Crippen molar-refractivity contribution in [3.05, 3.63) is 16.1 Å². The topological polar surface area (TPSA) is 52.6 Å². The molecule has 1 unspecified atom stereocenters. The number of nitrogens with zero attached hydrogens (tertiary/aromatic N) is 3. The number of rotatable bonds is 5. The van der Waals surface area contributed by atoms with E-state index in [9.17, 15) is 0 Å². The summed E-state index contributed by atoms with van der Waals surface area (Å²) in [5.41, 5.74) is 1.25. The maximum absolute atomic E-state index is 4.68. The lowest BCUT2D eigenvalue weighted by Crippen LogP contribution is -2.42. The maximum Gasteiger partial charge on any atom is 0.191 e. The number of thiazole rings is 1. The van der Waals surface area contributed by atoms with Gasteiger partial charge in [-0.25, -0.2) is 4.98 Å². The first kappa shape index (κ1) is 15.7. The molecular weight excluding hydrogens is 294 g/mol. The predicted molar refractivity (Wildman–Crippen MR) is 92.4 cm³/mol. The molecule has 1 aromatic rings. The highest BCUT2D eigenvalue weighted by Crippen LogP contribution is 2.19. The van der Waals surface area contributed by atoms with Crippen molar-refractivity contribution in [1.29, 1.82) is 0 Å². The van der Waals surface area contributed by atoms with Crippen molar-refractivity contribution in [2.75, 3.05) is 26.2 Å². The third kappa shape index (κ3) is 4.20. The Morgan fingerprint density at radius 3 is 2.86 bits per heavy atom. The first-order valence-corrected chi connectivity index (χ1v) is 9.31. The second kappa shape index (κ2) is 7.42. The van der Waals surface area contributed by atoms with E-state index in [1.165, 1.54) is 36.6 Å². The van der Waals surface area contributed by atoms with Crippen LogP contribution in [0.25, 0.3) is 0 Å². The summed E-state index contributed by atoms with van der Waals surface area (Å²) in [7, 11) is 0. The van der Waals surface area contributed by atoms with Gasteiger partial charge in [0.1, 0.15) is 0 Å². The molecule has 6 heteroatoms. The summed E-state index contributed by atoms with van der Waals surface area (Å²) < 4.78 is 0. The van der Waals surface area contributed by atoms with Gasteiger partial charge < -0.3 is 10.6 Å². The summed E-state index contributed by atoms with van der Waals surface area (Å²) in [6.45, 7) is 9.66. The van der Waals surface area contributed by atoms with E-state index in [4.69, 9.17) is 0 Å². The Labute approximate surface area is 137 Å². The molecule has 0 saturated carbocycles. The summed E-state index contributed by atoms with van der Waals surface area (Å²) in [6, 6.07) is 0.482. The minimum absolute atomic E-state index is 0.482. The summed E-state index contributed by atoms with van der Waals surface area (Å²) in [5.74, 6) is 1.75. The van der Waals surface area contributed by atoms with Gasteiger partial charge in [0.2, 0.25) is 0 Å². The van der Waals surface area contributed by atoms with E-state index in [0.29, 0.717) is 6.04 Å². The van der Waals surface area contributed by atoms with E-state index < -0.39 is 0 Å². The normalized spacial score (nSPS) is 23.4. The van der Waals surface area contributed by atoms with Crippen LogP contribution in [0.1, 0.15) is 37.4 Å². The lowest BCUT2D eigenvalue weighted by Gasteiger charge is -2.31. The monoisotopic (exact) mass is 321 g/mol. The Morgan fingerprint density at radius 1 is 1.41 bits per heavy atom. The van der Waals surface area contributed by atoms with Gasteiger partial charge in [0.15, 0.2) is 5.96 Å². The highest BCUT2D eigenvalue weighted by Gasteiger charge is 2.21. The molecule has 1 aromatic heterocycles. The molecule has 1 atom stereocenters. The Kier molecular flexibility index (Phi) is 5.31. The lowest BCUT2D eigenvalue weighted by atomic mass is 9.97. The lowest BCUT2D eigenvalue weighted by molar-refractivity contribution is 0.176. The Bertz CT molecular complexity index is 504. The molecule has 3 heterocycles. The van der Waals surface area contributed by atoms with E-state index in [1.807, 2.05) is 0 Å². The molecule has 0 radical (unpaired) electrons. The first-order chi connectivity index (χ1) is 10.7. The maximum atomic E-state index is 4.68. The minimum Gasteiger partial charge on any atom is -0.356 e. The molecule has 122 valence electrons. The van der Waals surface area contributed by atoms with E-state index in [2.05, 4.69) is 44.7 Å². The number of hydrogen-bond acceptors (Lipinski definition) is 6. The second-order valence-corrected chi connectivity index (χ2v) is 7.36. The molecule has 2 N–H and O–H groups in total. The Balaban J connectivity index is 1.37. The minimum atomic E-state index is 0.482. The number of aromatic nitrogens is 1. The van der Waals surface area contributed by atoms with Gasteiger partial charge in [-0.05, 0) is 45.2 Å². The standard InChI is InChI=1S/C16H27N5S/c1-3-15-20-14(11-22-15)10-21-6-4-13(5-7-21)9-18-16-17-8-12(2)19-16/h11-13H,3-10H2,1-2H3,(H2,17,18,19). The van der Waals surface area contributed by atoms with Crippen molar-refractivity contribution in [2.45, 2.75) is 45.7 Å². The number of aryl methyl sites for hydroxylation is 1. The number of guanidine groups is 1. The number of hydrogen-bond donors (Lipinski definition) is 2. The van der Waals surface area contributed by atoms with Crippen LogP contribution in [0.5, 0.6) is 0 Å². The molecular formula is C16H27N5S. The molecule has 0 aromatic carbocycles. The molecule has 0 bridgehead atoms. The molecule has 0 amide bonds. The van der Waals surface area contributed by atoms with Gasteiger partial charge in [-0.1, -0.05) is 6.92 Å². The van der Waals surface area contributed by atoms with Crippen LogP contribution < -0.4 is 10.6 Å². The molecule has 1 saturated heterocycles. The molecule has 0 spiro atoms. The zero-order valence-corrected chi connectivity index (χ0v) is 14.5. The molecule has 1 fully saturated rings. The largest absolute Gasteiger partial charge is 0.356 e. The summed E-state index contributed by atoms with van der Waals surface area (Å²) in [5, 5.41) is 10.3. The fourth-order valence-corrected chi connectivity index (χ4v) is 3.80. The molecule has 2 aliphatic rings. The van der Waals surface area contributed by atoms with Gasteiger partial charge in [-0.3, -0.25) is 9.89 Å². The van der Waals surface area contributed by atoms with Crippen LogP contribution in [0.4, 0.5) is 0 Å². The zero-order chi connectivity index (χ0) is 15.4. The van der Waals surface area contributed by atoms with Crippen LogP contribution in [0, 0.1) is 5.92 Å². The second-order valence-electron chi connectivity index (χ2n) is 6.42. The van der Waals surface area contributed by atoms with Crippen LogP contribution in [0.2, 0.25) is 0 Å². The van der Waals surface area contributed by atoms with Crippen molar-refractivity contribution >= 4 is 17.3 Å². The molecule has 3 rings (SSSR count). The fourth-order valence-electron chi connectivity index (χ4n) is 3.06. The zero-order valence-electron chi connectivity index (χ0n) is 13.6. The molecule has 0 aliphatic carbocycles.